The van der Waals surface area contributed by atoms with E-state index in [1.54, 1.807) is 11.3 Å². The van der Waals surface area contributed by atoms with Crippen LogP contribution in [-0.4, -0.2) is 23.9 Å². The lowest BCUT2D eigenvalue weighted by Gasteiger charge is -2.19. The van der Waals surface area contributed by atoms with Crippen molar-refractivity contribution < 1.29 is 4.79 Å². The molecule has 3 rings (SSSR count). The summed E-state index contributed by atoms with van der Waals surface area (Å²) in [6.07, 6.45) is 11.2. The molecule has 1 amide bonds. The van der Waals surface area contributed by atoms with E-state index in [0.717, 1.165) is 18.0 Å². The van der Waals surface area contributed by atoms with Gasteiger partial charge in [-0.15, -0.1) is 11.3 Å². The van der Waals surface area contributed by atoms with Crippen LogP contribution in [0, 0.1) is 0 Å². The quantitative estimate of drug-likeness (QED) is 0.710. The number of aryl methyl sites for hydroxylation is 2. The third-order valence-electron chi connectivity index (χ3n) is 4.35. The number of carbonyl (C=O) groups excluding carboxylic acids is 1. The predicted molar refractivity (Wildman–Crippen MR) is 79.9 cm³/mol. The van der Waals surface area contributed by atoms with Gasteiger partial charge in [0, 0.05) is 18.0 Å². The minimum absolute atomic E-state index is 0.292. The Labute approximate surface area is 119 Å². The average Bonchev–Trinajstić information content (AvgIpc) is 2.65. The molecule has 19 heavy (non-hydrogen) atoms. The van der Waals surface area contributed by atoms with Crippen LogP contribution in [0.4, 0.5) is 0 Å². The topological polar surface area (TPSA) is 20.3 Å². The predicted octanol–water partition coefficient (Wildman–Crippen LogP) is 4.03. The highest BCUT2D eigenvalue weighted by Crippen LogP contribution is 2.30. The summed E-state index contributed by atoms with van der Waals surface area (Å²) < 4.78 is 0. The summed E-state index contributed by atoms with van der Waals surface area (Å²) in [7, 11) is 0. The lowest BCUT2D eigenvalue weighted by atomic mass is 10.1. The number of carbonyl (C=O) groups is 1. The highest BCUT2D eigenvalue weighted by molar-refractivity contribution is 7.14. The summed E-state index contributed by atoms with van der Waals surface area (Å²) in [4.78, 5) is 17.2. The number of thiophene rings is 1. The zero-order valence-electron chi connectivity index (χ0n) is 11.6. The first-order chi connectivity index (χ1) is 9.34. The molecule has 0 spiro atoms. The van der Waals surface area contributed by atoms with Crippen molar-refractivity contribution >= 4 is 17.2 Å². The second-order valence-corrected chi connectivity index (χ2v) is 6.96. The lowest BCUT2D eigenvalue weighted by Crippen LogP contribution is -2.31. The number of hydrogen-bond donors (Lipinski definition) is 0. The van der Waals surface area contributed by atoms with E-state index in [4.69, 9.17) is 0 Å². The third-order valence-corrected chi connectivity index (χ3v) is 5.58. The van der Waals surface area contributed by atoms with Gasteiger partial charge < -0.3 is 4.90 Å². The molecule has 0 saturated carbocycles. The molecule has 1 fully saturated rings. The van der Waals surface area contributed by atoms with Gasteiger partial charge in [-0.1, -0.05) is 19.3 Å². The van der Waals surface area contributed by atoms with Gasteiger partial charge in [0.15, 0.2) is 0 Å². The zero-order valence-corrected chi connectivity index (χ0v) is 12.4. The first kappa shape index (κ1) is 13.2. The Bertz CT molecular complexity index is 420. The van der Waals surface area contributed by atoms with E-state index in [2.05, 4.69) is 11.0 Å². The molecule has 0 bridgehead atoms. The summed E-state index contributed by atoms with van der Waals surface area (Å²) in [5.74, 6) is 0.292. The summed E-state index contributed by atoms with van der Waals surface area (Å²) in [6, 6.07) is 2.19. The van der Waals surface area contributed by atoms with Gasteiger partial charge in [0.05, 0.1) is 4.88 Å². The molecule has 1 aromatic heterocycles. The van der Waals surface area contributed by atoms with Gasteiger partial charge in [0.1, 0.15) is 0 Å². The maximum atomic E-state index is 12.6. The smallest absolute Gasteiger partial charge is 0.263 e. The van der Waals surface area contributed by atoms with Gasteiger partial charge in [-0.05, 0) is 50.2 Å². The minimum Gasteiger partial charge on any atom is -0.338 e. The van der Waals surface area contributed by atoms with Crippen molar-refractivity contribution in [2.24, 2.45) is 0 Å². The number of likely N-dealkylation sites (tertiary alicyclic amines) is 1. The van der Waals surface area contributed by atoms with E-state index in [9.17, 15) is 4.79 Å². The fourth-order valence-corrected chi connectivity index (χ4v) is 4.42. The van der Waals surface area contributed by atoms with Crippen LogP contribution in [0.15, 0.2) is 6.07 Å². The highest BCUT2D eigenvalue weighted by atomic mass is 32.1. The molecule has 2 nitrogen and oxygen atoms in total. The molecule has 0 radical (unpaired) electrons. The molecule has 1 aromatic rings. The molecule has 0 aromatic carbocycles. The van der Waals surface area contributed by atoms with Gasteiger partial charge in [-0.25, -0.2) is 0 Å². The van der Waals surface area contributed by atoms with Gasteiger partial charge in [0.2, 0.25) is 0 Å². The SMILES string of the molecule is O=C(c1cc2c(s1)CCCCC2)N1CCCCCC1. The second kappa shape index (κ2) is 6.08. The van der Waals surface area contributed by atoms with Gasteiger partial charge in [-0.2, -0.15) is 0 Å². The van der Waals surface area contributed by atoms with E-state index in [1.807, 2.05) is 0 Å². The van der Waals surface area contributed by atoms with Crippen LogP contribution in [0.3, 0.4) is 0 Å². The Kier molecular flexibility index (Phi) is 4.21. The molecule has 2 aliphatic rings. The molecule has 1 aliphatic heterocycles. The Morgan fingerprint density at radius 1 is 0.947 bits per heavy atom. The maximum absolute atomic E-state index is 12.6. The summed E-state index contributed by atoms with van der Waals surface area (Å²) in [6.45, 7) is 1.92. The molecule has 0 atom stereocenters. The van der Waals surface area contributed by atoms with E-state index in [0.29, 0.717) is 5.91 Å². The molecule has 3 heteroatoms. The van der Waals surface area contributed by atoms with E-state index >= 15 is 0 Å². The number of hydrogen-bond acceptors (Lipinski definition) is 2. The van der Waals surface area contributed by atoms with E-state index in [-0.39, 0.29) is 0 Å². The Balaban J connectivity index is 1.75. The summed E-state index contributed by atoms with van der Waals surface area (Å²) in [5.41, 5.74) is 1.46. The van der Waals surface area contributed by atoms with Gasteiger partial charge >= 0.3 is 0 Å². The van der Waals surface area contributed by atoms with Crippen molar-refractivity contribution in [1.29, 1.82) is 0 Å². The maximum Gasteiger partial charge on any atom is 0.263 e. The fraction of sp³-hybridized carbons (Fsp3) is 0.688. The molecule has 0 N–H and O–H groups in total. The van der Waals surface area contributed by atoms with Gasteiger partial charge in [0.25, 0.3) is 5.91 Å². The summed E-state index contributed by atoms with van der Waals surface area (Å²) >= 11 is 1.77. The van der Waals surface area contributed by atoms with Crippen LogP contribution < -0.4 is 0 Å². The summed E-state index contributed by atoms with van der Waals surface area (Å²) in [5, 5.41) is 0. The van der Waals surface area contributed by atoms with Crippen molar-refractivity contribution in [3.63, 3.8) is 0 Å². The van der Waals surface area contributed by atoms with Crippen LogP contribution in [-0.2, 0) is 12.8 Å². The zero-order chi connectivity index (χ0) is 13.1. The average molecular weight is 277 g/mol. The van der Waals surface area contributed by atoms with Crippen molar-refractivity contribution in [2.75, 3.05) is 13.1 Å². The minimum atomic E-state index is 0.292. The number of rotatable bonds is 1. The normalized spacial score (nSPS) is 20.5. The Morgan fingerprint density at radius 3 is 2.42 bits per heavy atom. The van der Waals surface area contributed by atoms with Crippen molar-refractivity contribution in [2.45, 2.75) is 57.8 Å². The van der Waals surface area contributed by atoms with Crippen LogP contribution in [0.5, 0.6) is 0 Å². The number of nitrogens with zero attached hydrogens (tertiary/aromatic N) is 1. The first-order valence-electron chi connectivity index (χ1n) is 7.75. The Hall–Kier alpha value is -0.830. The number of fused-ring (bicyclic) bond motifs is 1. The molecular formula is C16H23NOS. The molecule has 1 saturated heterocycles. The second-order valence-electron chi connectivity index (χ2n) is 5.83. The molecular weight excluding hydrogens is 254 g/mol. The monoisotopic (exact) mass is 277 g/mol. The third kappa shape index (κ3) is 3.02. The largest absolute Gasteiger partial charge is 0.338 e. The van der Waals surface area contributed by atoms with Crippen molar-refractivity contribution in [3.8, 4) is 0 Å². The van der Waals surface area contributed by atoms with Gasteiger partial charge in [-0.3, -0.25) is 4.79 Å². The van der Waals surface area contributed by atoms with Crippen LogP contribution in [0.1, 0.15) is 65.1 Å². The molecule has 1 aliphatic carbocycles. The van der Waals surface area contributed by atoms with Crippen molar-refractivity contribution in [3.05, 3.63) is 21.4 Å². The van der Waals surface area contributed by atoms with E-state index in [1.165, 1.54) is 68.2 Å². The standard InChI is InChI=1S/C16H23NOS/c18-16(17-10-6-1-2-7-11-17)15-12-13-8-4-3-5-9-14(13)19-15/h12H,1-11H2. The number of amides is 1. The first-order valence-corrected chi connectivity index (χ1v) is 8.57. The Morgan fingerprint density at radius 2 is 1.63 bits per heavy atom. The molecule has 2 heterocycles. The molecule has 104 valence electrons. The van der Waals surface area contributed by atoms with Crippen LogP contribution >= 0.6 is 11.3 Å². The fourth-order valence-electron chi connectivity index (χ4n) is 3.20. The van der Waals surface area contributed by atoms with Crippen molar-refractivity contribution in [1.82, 2.24) is 4.90 Å². The van der Waals surface area contributed by atoms with Crippen LogP contribution in [0.25, 0.3) is 0 Å². The van der Waals surface area contributed by atoms with E-state index < -0.39 is 0 Å². The van der Waals surface area contributed by atoms with Crippen LogP contribution in [0.2, 0.25) is 0 Å². The lowest BCUT2D eigenvalue weighted by molar-refractivity contribution is 0.0766. The highest BCUT2D eigenvalue weighted by Gasteiger charge is 2.21. The molecule has 0 unspecified atom stereocenters.